The van der Waals surface area contributed by atoms with Gasteiger partial charge in [-0.25, -0.2) is 0 Å². The maximum absolute atomic E-state index is 13.4. The lowest BCUT2D eigenvalue weighted by Gasteiger charge is -2.37. The monoisotopic (exact) mass is 584 g/mol. The van der Waals surface area contributed by atoms with Gasteiger partial charge in [0, 0.05) is 43.7 Å². The number of benzene rings is 1. The Balaban J connectivity index is 0.000000559. The summed E-state index contributed by atoms with van der Waals surface area (Å²) in [4.78, 5) is 41.3. The molecule has 216 valence electrons. The molecule has 0 amide bonds. The molecule has 3 N–H and O–H groups in total. The van der Waals surface area contributed by atoms with Crippen LogP contribution in [0, 0.1) is 0 Å². The van der Waals surface area contributed by atoms with Crippen molar-refractivity contribution in [2.45, 2.75) is 25.4 Å². The number of piperazine rings is 1. The third-order valence-electron chi connectivity index (χ3n) is 5.97. The molecule has 1 saturated heterocycles. The largest absolute Gasteiger partial charge is 0.481 e. The fourth-order valence-electron chi connectivity index (χ4n) is 4.10. The number of alkyl halides is 3. The summed E-state index contributed by atoms with van der Waals surface area (Å²) in [5.41, 5.74) is -0.334. The van der Waals surface area contributed by atoms with Gasteiger partial charge in [0.2, 0.25) is 11.4 Å². The molecule has 1 aromatic carbocycles. The number of halogens is 4. The molecule has 0 atom stereocenters. The lowest BCUT2D eigenvalue weighted by molar-refractivity contribution is -0.147. The van der Waals surface area contributed by atoms with E-state index < -0.39 is 30.1 Å². The molecule has 0 spiro atoms. The number of H-pyrrole nitrogens is 1. The molecular formula is C26H28ClF3N4O6. The number of hydrogen-bond acceptors (Lipinski definition) is 7. The number of rotatable bonds is 9. The molecule has 1 fully saturated rings. The van der Waals surface area contributed by atoms with E-state index in [1.54, 1.807) is 23.1 Å². The van der Waals surface area contributed by atoms with E-state index >= 15 is 0 Å². The lowest BCUT2D eigenvalue weighted by atomic mass is 10.1. The molecular weight excluding hydrogens is 557 g/mol. The molecule has 3 aromatic rings. The quantitative estimate of drug-likeness (QED) is 0.251. The second-order valence-corrected chi connectivity index (χ2v) is 9.30. The molecule has 0 unspecified atom stereocenters. The summed E-state index contributed by atoms with van der Waals surface area (Å²) in [5.74, 6) is -2.17. The van der Waals surface area contributed by atoms with E-state index in [-0.39, 0.29) is 16.3 Å². The minimum atomic E-state index is -4.49. The predicted octanol–water partition coefficient (Wildman–Crippen LogP) is 4.12. The number of carbonyl (C=O) groups is 2. The number of unbranched alkanes of at least 4 members (excludes halogenated alkanes) is 1. The Morgan fingerprint density at radius 2 is 1.68 bits per heavy atom. The van der Waals surface area contributed by atoms with Crippen molar-refractivity contribution in [2.24, 2.45) is 0 Å². The number of carboxylic acids is 2. The van der Waals surface area contributed by atoms with E-state index in [0.717, 1.165) is 24.8 Å². The van der Waals surface area contributed by atoms with Gasteiger partial charge in [-0.05, 0) is 43.7 Å². The van der Waals surface area contributed by atoms with Crippen LogP contribution in [-0.4, -0.2) is 76.4 Å². The first-order valence-electron chi connectivity index (χ1n) is 12.3. The standard InChI is InChI=1S/C23H24ClF3N4O2.C3H4O4/c24-17-4-3-5-18(21(17)23(25,26)27)31-13-11-30(12-14-31)10-1-2-15-33-20-9-7-16-6-8-19(32)28-22(16)29-20;4-2(5)1-3(6)7/h3-9H,1-2,10-15H2,(H,28,29,32);1H2,(H,4,5)(H,6,7). The van der Waals surface area contributed by atoms with Crippen molar-refractivity contribution in [1.29, 1.82) is 0 Å². The number of nitrogens with zero attached hydrogens (tertiary/aromatic N) is 3. The van der Waals surface area contributed by atoms with Crippen molar-refractivity contribution in [3.05, 3.63) is 63.4 Å². The molecule has 1 aliphatic heterocycles. The van der Waals surface area contributed by atoms with Crippen molar-refractivity contribution in [3.8, 4) is 5.88 Å². The van der Waals surface area contributed by atoms with Gasteiger partial charge < -0.3 is 24.8 Å². The molecule has 10 nitrogen and oxygen atoms in total. The zero-order valence-electron chi connectivity index (χ0n) is 21.3. The van der Waals surface area contributed by atoms with Gasteiger partial charge in [0.05, 0.1) is 22.9 Å². The van der Waals surface area contributed by atoms with Crippen molar-refractivity contribution in [3.63, 3.8) is 0 Å². The SMILES string of the molecule is O=C(O)CC(=O)O.O=c1ccc2ccc(OCCCCN3CCN(c4cccc(Cl)c4C(F)(F)F)CC3)nc2[nH]1. The summed E-state index contributed by atoms with van der Waals surface area (Å²) < 4.78 is 46.0. The minimum Gasteiger partial charge on any atom is -0.481 e. The number of aromatic amines is 1. The normalized spacial score (nSPS) is 13.9. The highest BCUT2D eigenvalue weighted by molar-refractivity contribution is 6.31. The van der Waals surface area contributed by atoms with E-state index in [9.17, 15) is 27.6 Å². The Labute approximate surface area is 231 Å². The second-order valence-electron chi connectivity index (χ2n) is 8.89. The van der Waals surface area contributed by atoms with E-state index in [1.807, 2.05) is 6.07 Å². The molecule has 1 aliphatic rings. The highest BCUT2D eigenvalue weighted by Crippen LogP contribution is 2.41. The first-order chi connectivity index (χ1) is 18.9. The van der Waals surface area contributed by atoms with Crippen LogP contribution in [0.2, 0.25) is 5.02 Å². The number of aromatic nitrogens is 2. The van der Waals surface area contributed by atoms with Crippen molar-refractivity contribution < 1.29 is 37.7 Å². The van der Waals surface area contributed by atoms with Gasteiger partial charge in [-0.1, -0.05) is 17.7 Å². The highest BCUT2D eigenvalue weighted by Gasteiger charge is 2.37. The molecule has 0 aliphatic carbocycles. The number of carboxylic acid groups (broad SMARTS) is 2. The van der Waals surface area contributed by atoms with E-state index in [0.29, 0.717) is 44.3 Å². The molecule has 0 saturated carbocycles. The third kappa shape index (κ3) is 9.12. The van der Waals surface area contributed by atoms with Crippen molar-refractivity contribution in [2.75, 3.05) is 44.2 Å². The molecule has 0 radical (unpaired) electrons. The highest BCUT2D eigenvalue weighted by atomic mass is 35.5. The van der Waals surface area contributed by atoms with Gasteiger partial charge in [0.15, 0.2) is 0 Å². The number of anilines is 1. The van der Waals surface area contributed by atoms with Crippen LogP contribution in [-0.2, 0) is 15.8 Å². The molecule has 4 rings (SSSR count). The maximum atomic E-state index is 13.4. The fourth-order valence-corrected chi connectivity index (χ4v) is 4.38. The van der Waals surface area contributed by atoms with E-state index in [2.05, 4.69) is 14.9 Å². The number of ether oxygens (including phenoxy) is 1. The number of hydrogen-bond donors (Lipinski definition) is 3. The maximum Gasteiger partial charge on any atom is 0.419 e. The summed E-state index contributed by atoms with van der Waals surface area (Å²) >= 11 is 5.85. The van der Waals surface area contributed by atoms with Gasteiger partial charge in [-0.2, -0.15) is 18.2 Å². The first-order valence-corrected chi connectivity index (χ1v) is 12.7. The Kier molecular flexibility index (Phi) is 10.7. The Morgan fingerprint density at radius 3 is 2.30 bits per heavy atom. The van der Waals surface area contributed by atoms with E-state index in [4.69, 9.17) is 26.6 Å². The Morgan fingerprint density at radius 1 is 1.00 bits per heavy atom. The van der Waals surface area contributed by atoms with Gasteiger partial charge >= 0.3 is 18.1 Å². The number of nitrogens with one attached hydrogen (secondary N) is 1. The van der Waals surface area contributed by atoms with Crippen LogP contribution in [0.3, 0.4) is 0 Å². The zero-order chi connectivity index (χ0) is 29.3. The van der Waals surface area contributed by atoms with Crippen LogP contribution >= 0.6 is 11.6 Å². The molecule has 3 heterocycles. The van der Waals surface area contributed by atoms with Crippen LogP contribution in [0.4, 0.5) is 18.9 Å². The van der Waals surface area contributed by atoms with Crippen LogP contribution in [0.15, 0.2) is 47.3 Å². The molecule has 2 aromatic heterocycles. The van der Waals surface area contributed by atoms with Gasteiger partial charge in [0.25, 0.3) is 0 Å². The number of aliphatic carboxylic acids is 2. The molecule has 0 bridgehead atoms. The minimum absolute atomic E-state index is 0.146. The summed E-state index contributed by atoms with van der Waals surface area (Å²) in [5, 5.41) is 16.0. The average Bonchev–Trinajstić information content (AvgIpc) is 2.87. The Bertz CT molecular complexity index is 1360. The molecule has 40 heavy (non-hydrogen) atoms. The topological polar surface area (TPSA) is 136 Å². The van der Waals surface area contributed by atoms with Crippen molar-refractivity contribution >= 4 is 40.3 Å². The van der Waals surface area contributed by atoms with Crippen LogP contribution < -0.4 is 15.2 Å². The zero-order valence-corrected chi connectivity index (χ0v) is 22.0. The fraction of sp³-hybridized carbons (Fsp3) is 0.385. The van der Waals surface area contributed by atoms with Crippen LogP contribution in [0.5, 0.6) is 5.88 Å². The lowest BCUT2D eigenvalue weighted by Crippen LogP contribution is -2.47. The Hall–Kier alpha value is -3.84. The van der Waals surface area contributed by atoms with Crippen LogP contribution in [0.1, 0.15) is 24.8 Å². The van der Waals surface area contributed by atoms with Gasteiger partial charge in [-0.3, -0.25) is 19.3 Å². The first kappa shape index (κ1) is 30.7. The van der Waals surface area contributed by atoms with E-state index in [1.165, 1.54) is 18.2 Å². The number of fused-ring (bicyclic) bond motifs is 1. The summed E-state index contributed by atoms with van der Waals surface area (Å²) in [7, 11) is 0. The third-order valence-corrected chi connectivity index (χ3v) is 6.28. The summed E-state index contributed by atoms with van der Waals surface area (Å²) in [6, 6.07) is 11.1. The second kappa shape index (κ2) is 14.0. The smallest absolute Gasteiger partial charge is 0.419 e. The average molecular weight is 585 g/mol. The summed E-state index contributed by atoms with van der Waals surface area (Å²) in [6.45, 7) is 3.73. The van der Waals surface area contributed by atoms with Crippen LogP contribution in [0.25, 0.3) is 11.0 Å². The van der Waals surface area contributed by atoms with Gasteiger partial charge in [0.1, 0.15) is 12.1 Å². The van der Waals surface area contributed by atoms with Crippen molar-refractivity contribution in [1.82, 2.24) is 14.9 Å². The predicted molar refractivity (Wildman–Crippen MR) is 142 cm³/mol. The summed E-state index contributed by atoms with van der Waals surface area (Å²) in [6.07, 6.45) is -3.58. The molecule has 14 heteroatoms. The number of pyridine rings is 2. The van der Waals surface area contributed by atoms with Gasteiger partial charge in [-0.15, -0.1) is 0 Å².